The lowest BCUT2D eigenvalue weighted by Crippen LogP contribution is -1.91. The minimum absolute atomic E-state index is 0.852. The monoisotopic (exact) mass is 110 g/mol. The van der Waals surface area contributed by atoms with E-state index in [0.717, 1.165) is 18.8 Å². The highest BCUT2D eigenvalue weighted by molar-refractivity contribution is 5.44. The molecule has 0 saturated carbocycles. The van der Waals surface area contributed by atoms with E-state index in [-0.39, 0.29) is 0 Å². The summed E-state index contributed by atoms with van der Waals surface area (Å²) in [7, 11) is 0. The molecule has 0 aliphatic carbocycles. The Hall–Kier alpha value is -0.990. The van der Waals surface area contributed by atoms with Gasteiger partial charge in [-0.2, -0.15) is 0 Å². The second-order valence-electron chi connectivity index (χ2n) is 1.86. The molecule has 1 aromatic heterocycles. The van der Waals surface area contributed by atoms with Gasteiger partial charge >= 0.3 is 0 Å². The summed E-state index contributed by atoms with van der Waals surface area (Å²) in [5.74, 6) is 0.852. The highest BCUT2D eigenvalue weighted by Crippen LogP contribution is 2.19. The van der Waals surface area contributed by atoms with Crippen LogP contribution in [0, 0.1) is 0 Å². The quantitative estimate of drug-likeness (QED) is 0.532. The zero-order valence-electron chi connectivity index (χ0n) is 4.35. The van der Waals surface area contributed by atoms with Crippen LogP contribution in [0.15, 0.2) is 10.7 Å². The van der Waals surface area contributed by atoms with E-state index in [2.05, 4.69) is 10.5 Å². The van der Waals surface area contributed by atoms with Crippen LogP contribution in [0.3, 0.4) is 0 Å². The summed E-state index contributed by atoms with van der Waals surface area (Å²) in [4.78, 5) is 0. The number of aromatic nitrogens is 1. The van der Waals surface area contributed by atoms with E-state index in [1.54, 1.807) is 6.20 Å². The molecule has 0 atom stereocenters. The zero-order chi connectivity index (χ0) is 5.40. The number of fused-ring (bicyclic) bond motifs is 1. The highest BCUT2D eigenvalue weighted by atomic mass is 16.5. The minimum Gasteiger partial charge on any atom is -0.353 e. The summed E-state index contributed by atoms with van der Waals surface area (Å²) in [6.07, 6.45) is 2.81. The van der Waals surface area contributed by atoms with Gasteiger partial charge in [0.15, 0.2) is 0 Å². The predicted octanol–water partition coefficient (Wildman–Crippen LogP) is 0.643. The number of nitrogens with one attached hydrogen (secondary N) is 1. The van der Waals surface area contributed by atoms with Gasteiger partial charge in [0.25, 0.3) is 0 Å². The van der Waals surface area contributed by atoms with Gasteiger partial charge < -0.3 is 9.84 Å². The lowest BCUT2D eigenvalue weighted by molar-refractivity contribution is 0.434. The highest BCUT2D eigenvalue weighted by Gasteiger charge is 2.12. The average Bonchev–Trinajstić information content (AvgIpc) is 2.15. The van der Waals surface area contributed by atoms with Gasteiger partial charge in [0.2, 0.25) is 5.88 Å². The van der Waals surface area contributed by atoms with Crippen LogP contribution in [-0.2, 0) is 6.42 Å². The molecule has 0 radical (unpaired) electrons. The van der Waals surface area contributed by atoms with Crippen LogP contribution in [0.25, 0.3) is 0 Å². The third kappa shape index (κ3) is 0.358. The van der Waals surface area contributed by atoms with E-state index < -0.39 is 0 Å². The molecule has 1 aliphatic rings. The SMILES string of the molecule is c1noc2c1CCN2. The van der Waals surface area contributed by atoms with Gasteiger partial charge in [-0.25, -0.2) is 0 Å². The van der Waals surface area contributed by atoms with Gasteiger partial charge in [0.1, 0.15) is 0 Å². The molecule has 0 spiro atoms. The van der Waals surface area contributed by atoms with Gasteiger partial charge in [-0.05, 0) is 6.42 Å². The predicted molar refractivity (Wildman–Crippen MR) is 28.7 cm³/mol. The van der Waals surface area contributed by atoms with Gasteiger partial charge in [-0.3, -0.25) is 0 Å². The zero-order valence-corrected chi connectivity index (χ0v) is 4.35. The Balaban J connectivity index is 2.54. The summed E-state index contributed by atoms with van der Waals surface area (Å²) in [6.45, 7) is 0.997. The molecular formula is C5H6N2O. The smallest absolute Gasteiger partial charge is 0.227 e. The Kier molecular flexibility index (Phi) is 0.614. The molecule has 3 heteroatoms. The standard InChI is InChI=1S/C5H6N2O/c1-2-6-5-4(1)3-7-8-5/h3,6H,1-2H2. The van der Waals surface area contributed by atoms with Crippen molar-refractivity contribution in [2.45, 2.75) is 6.42 Å². The topological polar surface area (TPSA) is 38.1 Å². The van der Waals surface area contributed by atoms with Gasteiger partial charge in [-0.1, -0.05) is 5.16 Å². The molecule has 42 valence electrons. The first-order valence-electron chi connectivity index (χ1n) is 2.64. The van der Waals surface area contributed by atoms with Crippen LogP contribution >= 0.6 is 0 Å². The Morgan fingerprint density at radius 3 is 3.62 bits per heavy atom. The Morgan fingerprint density at radius 2 is 2.75 bits per heavy atom. The molecule has 2 heterocycles. The van der Waals surface area contributed by atoms with Crippen molar-refractivity contribution in [2.24, 2.45) is 0 Å². The molecule has 0 amide bonds. The van der Waals surface area contributed by atoms with Crippen molar-refractivity contribution in [2.75, 3.05) is 11.9 Å². The van der Waals surface area contributed by atoms with Crippen molar-refractivity contribution in [3.05, 3.63) is 11.8 Å². The molecule has 2 rings (SSSR count). The fourth-order valence-corrected chi connectivity index (χ4v) is 0.895. The lowest BCUT2D eigenvalue weighted by Gasteiger charge is -1.83. The van der Waals surface area contributed by atoms with Crippen molar-refractivity contribution in [1.29, 1.82) is 0 Å². The average molecular weight is 110 g/mol. The minimum atomic E-state index is 0.852. The molecule has 1 N–H and O–H groups in total. The molecule has 8 heavy (non-hydrogen) atoms. The second kappa shape index (κ2) is 1.24. The number of anilines is 1. The van der Waals surface area contributed by atoms with Crippen molar-refractivity contribution >= 4 is 5.88 Å². The van der Waals surface area contributed by atoms with E-state index in [1.807, 2.05) is 0 Å². The lowest BCUT2D eigenvalue weighted by atomic mass is 10.3. The third-order valence-electron chi connectivity index (χ3n) is 1.32. The molecule has 0 fully saturated rings. The molecule has 0 saturated heterocycles. The van der Waals surface area contributed by atoms with Crippen molar-refractivity contribution in [1.82, 2.24) is 5.16 Å². The molecule has 1 aliphatic heterocycles. The van der Waals surface area contributed by atoms with Gasteiger partial charge in [0.05, 0.1) is 6.20 Å². The van der Waals surface area contributed by atoms with Crippen LogP contribution < -0.4 is 5.32 Å². The second-order valence-corrected chi connectivity index (χ2v) is 1.86. The number of nitrogens with zero attached hydrogens (tertiary/aromatic N) is 1. The molecular weight excluding hydrogens is 104 g/mol. The van der Waals surface area contributed by atoms with Crippen LogP contribution in [0.2, 0.25) is 0 Å². The number of hydrogen-bond acceptors (Lipinski definition) is 3. The first-order chi connectivity index (χ1) is 3.97. The molecule has 1 aromatic rings. The van der Waals surface area contributed by atoms with Crippen LogP contribution in [0.5, 0.6) is 0 Å². The molecule has 0 bridgehead atoms. The van der Waals surface area contributed by atoms with Crippen LogP contribution in [0.1, 0.15) is 5.56 Å². The van der Waals surface area contributed by atoms with Crippen LogP contribution in [0.4, 0.5) is 5.88 Å². The summed E-state index contributed by atoms with van der Waals surface area (Å²) < 4.78 is 4.81. The summed E-state index contributed by atoms with van der Waals surface area (Å²) in [5.41, 5.74) is 1.20. The van der Waals surface area contributed by atoms with Crippen molar-refractivity contribution < 1.29 is 4.52 Å². The largest absolute Gasteiger partial charge is 0.353 e. The van der Waals surface area contributed by atoms with E-state index in [9.17, 15) is 0 Å². The molecule has 3 nitrogen and oxygen atoms in total. The molecule has 0 aromatic carbocycles. The normalized spacial score (nSPS) is 15.5. The molecule has 0 unspecified atom stereocenters. The first kappa shape index (κ1) is 3.95. The van der Waals surface area contributed by atoms with Gasteiger partial charge in [-0.15, -0.1) is 0 Å². The fourth-order valence-electron chi connectivity index (χ4n) is 0.895. The number of hydrogen-bond donors (Lipinski definition) is 1. The van der Waals surface area contributed by atoms with E-state index >= 15 is 0 Å². The van der Waals surface area contributed by atoms with E-state index in [1.165, 1.54) is 5.56 Å². The van der Waals surface area contributed by atoms with Gasteiger partial charge in [0, 0.05) is 12.1 Å². The van der Waals surface area contributed by atoms with Crippen molar-refractivity contribution in [3.63, 3.8) is 0 Å². The maximum Gasteiger partial charge on any atom is 0.227 e. The third-order valence-corrected chi connectivity index (χ3v) is 1.32. The summed E-state index contributed by atoms with van der Waals surface area (Å²) >= 11 is 0. The first-order valence-corrected chi connectivity index (χ1v) is 2.64. The Bertz CT molecular complexity index is 176. The van der Waals surface area contributed by atoms with E-state index in [0.29, 0.717) is 0 Å². The van der Waals surface area contributed by atoms with Crippen LogP contribution in [-0.4, -0.2) is 11.7 Å². The summed E-state index contributed by atoms with van der Waals surface area (Å²) in [5, 5.41) is 6.66. The van der Waals surface area contributed by atoms with Crippen molar-refractivity contribution in [3.8, 4) is 0 Å². The summed E-state index contributed by atoms with van der Waals surface area (Å²) in [6, 6.07) is 0. The number of rotatable bonds is 0. The van der Waals surface area contributed by atoms with E-state index in [4.69, 9.17) is 4.52 Å². The maximum absolute atomic E-state index is 4.81. The fraction of sp³-hybridized carbons (Fsp3) is 0.400. The Morgan fingerprint density at radius 1 is 1.75 bits per heavy atom. The Labute approximate surface area is 46.7 Å². The maximum atomic E-state index is 4.81.